The Labute approximate surface area is 95.3 Å². The van der Waals surface area contributed by atoms with Crippen LogP contribution < -0.4 is 11.1 Å². The standard InChI is InChI=1S/C13H16N2O/c1-10(9-13-3-2-8-16-13)15-12-6-4-11(14)5-7-12/h2-8,10,15H,9,14H2,1H3. The van der Waals surface area contributed by atoms with Crippen molar-refractivity contribution < 1.29 is 4.42 Å². The summed E-state index contributed by atoms with van der Waals surface area (Å²) >= 11 is 0. The Hall–Kier alpha value is -1.90. The summed E-state index contributed by atoms with van der Waals surface area (Å²) in [4.78, 5) is 0. The predicted octanol–water partition coefficient (Wildman–Crippen LogP) is 2.90. The van der Waals surface area contributed by atoms with Crippen LogP contribution in [-0.4, -0.2) is 6.04 Å². The van der Waals surface area contributed by atoms with E-state index in [-0.39, 0.29) is 0 Å². The second-order valence-electron chi connectivity index (χ2n) is 3.95. The third-order valence-electron chi connectivity index (χ3n) is 2.41. The largest absolute Gasteiger partial charge is 0.469 e. The van der Waals surface area contributed by atoms with E-state index in [4.69, 9.17) is 10.2 Å². The molecule has 1 aromatic carbocycles. The van der Waals surface area contributed by atoms with E-state index in [9.17, 15) is 0 Å². The third-order valence-corrected chi connectivity index (χ3v) is 2.41. The minimum Gasteiger partial charge on any atom is -0.469 e. The molecule has 0 saturated heterocycles. The maximum atomic E-state index is 5.62. The van der Waals surface area contributed by atoms with E-state index in [2.05, 4.69) is 12.2 Å². The summed E-state index contributed by atoms with van der Waals surface area (Å²) in [5.41, 5.74) is 7.48. The number of anilines is 2. The third kappa shape index (κ3) is 2.79. The van der Waals surface area contributed by atoms with Gasteiger partial charge in [-0.1, -0.05) is 0 Å². The van der Waals surface area contributed by atoms with Gasteiger partial charge in [0.05, 0.1) is 6.26 Å². The Morgan fingerprint density at radius 1 is 1.25 bits per heavy atom. The Morgan fingerprint density at radius 2 is 2.00 bits per heavy atom. The van der Waals surface area contributed by atoms with E-state index < -0.39 is 0 Å². The first-order chi connectivity index (χ1) is 7.74. The van der Waals surface area contributed by atoms with Crippen molar-refractivity contribution in [3.05, 3.63) is 48.4 Å². The van der Waals surface area contributed by atoms with Gasteiger partial charge in [-0.2, -0.15) is 0 Å². The van der Waals surface area contributed by atoms with Gasteiger partial charge in [0.2, 0.25) is 0 Å². The molecule has 3 nitrogen and oxygen atoms in total. The van der Waals surface area contributed by atoms with E-state index in [1.165, 1.54) is 0 Å². The monoisotopic (exact) mass is 216 g/mol. The molecule has 0 bridgehead atoms. The molecule has 16 heavy (non-hydrogen) atoms. The summed E-state index contributed by atoms with van der Waals surface area (Å²) < 4.78 is 5.30. The molecule has 0 spiro atoms. The highest BCUT2D eigenvalue weighted by molar-refractivity contribution is 5.51. The maximum Gasteiger partial charge on any atom is 0.105 e. The van der Waals surface area contributed by atoms with Crippen LogP contribution in [0.2, 0.25) is 0 Å². The number of hydrogen-bond donors (Lipinski definition) is 2. The van der Waals surface area contributed by atoms with Crippen molar-refractivity contribution in [2.24, 2.45) is 0 Å². The van der Waals surface area contributed by atoms with E-state index in [1.807, 2.05) is 36.4 Å². The quantitative estimate of drug-likeness (QED) is 0.772. The summed E-state index contributed by atoms with van der Waals surface area (Å²) in [6.45, 7) is 2.12. The highest BCUT2D eigenvalue weighted by Gasteiger charge is 2.05. The molecular weight excluding hydrogens is 200 g/mol. The van der Waals surface area contributed by atoms with Crippen LogP contribution in [0.25, 0.3) is 0 Å². The lowest BCUT2D eigenvalue weighted by atomic mass is 10.2. The number of nitrogens with two attached hydrogens (primary N) is 1. The van der Waals surface area contributed by atoms with E-state index in [0.717, 1.165) is 23.6 Å². The number of rotatable bonds is 4. The Morgan fingerprint density at radius 3 is 2.62 bits per heavy atom. The Kier molecular flexibility index (Phi) is 3.15. The van der Waals surface area contributed by atoms with Crippen molar-refractivity contribution in [1.82, 2.24) is 0 Å². The van der Waals surface area contributed by atoms with Gasteiger partial charge < -0.3 is 15.5 Å². The molecule has 0 aliphatic heterocycles. The zero-order chi connectivity index (χ0) is 11.4. The average molecular weight is 216 g/mol. The molecule has 0 fully saturated rings. The van der Waals surface area contributed by atoms with Crippen LogP contribution in [0.3, 0.4) is 0 Å². The molecular formula is C13H16N2O. The smallest absolute Gasteiger partial charge is 0.105 e. The fourth-order valence-corrected chi connectivity index (χ4v) is 1.65. The summed E-state index contributed by atoms with van der Waals surface area (Å²) in [6.07, 6.45) is 2.57. The number of nitrogen functional groups attached to an aromatic ring is 1. The first-order valence-corrected chi connectivity index (χ1v) is 5.38. The van der Waals surface area contributed by atoms with E-state index in [0.29, 0.717) is 6.04 Å². The molecule has 1 unspecified atom stereocenters. The molecule has 1 aromatic heterocycles. The van der Waals surface area contributed by atoms with Gasteiger partial charge in [0.25, 0.3) is 0 Å². The van der Waals surface area contributed by atoms with Crippen molar-refractivity contribution in [3.8, 4) is 0 Å². The lowest BCUT2D eigenvalue weighted by Gasteiger charge is -2.13. The lowest BCUT2D eigenvalue weighted by molar-refractivity contribution is 0.498. The highest BCUT2D eigenvalue weighted by Crippen LogP contribution is 2.13. The fraction of sp³-hybridized carbons (Fsp3) is 0.231. The van der Waals surface area contributed by atoms with Gasteiger partial charge in [0, 0.05) is 23.8 Å². The zero-order valence-corrected chi connectivity index (χ0v) is 9.31. The molecule has 1 atom stereocenters. The van der Waals surface area contributed by atoms with Crippen LogP contribution in [0.1, 0.15) is 12.7 Å². The normalized spacial score (nSPS) is 12.3. The second-order valence-corrected chi connectivity index (χ2v) is 3.95. The summed E-state index contributed by atoms with van der Waals surface area (Å²) in [5.74, 6) is 0.996. The van der Waals surface area contributed by atoms with Crippen LogP contribution >= 0.6 is 0 Å². The molecule has 0 radical (unpaired) electrons. The molecule has 3 heteroatoms. The van der Waals surface area contributed by atoms with Gasteiger partial charge in [-0.15, -0.1) is 0 Å². The Balaban J connectivity index is 1.92. The number of benzene rings is 1. The van der Waals surface area contributed by atoms with E-state index in [1.54, 1.807) is 6.26 Å². The van der Waals surface area contributed by atoms with Crippen LogP contribution in [0.15, 0.2) is 47.1 Å². The summed E-state index contributed by atoms with van der Waals surface area (Å²) in [7, 11) is 0. The fourth-order valence-electron chi connectivity index (χ4n) is 1.65. The molecule has 0 saturated carbocycles. The zero-order valence-electron chi connectivity index (χ0n) is 9.31. The number of hydrogen-bond acceptors (Lipinski definition) is 3. The van der Waals surface area contributed by atoms with Gasteiger partial charge in [-0.25, -0.2) is 0 Å². The molecule has 3 N–H and O–H groups in total. The lowest BCUT2D eigenvalue weighted by Crippen LogP contribution is -2.17. The minimum absolute atomic E-state index is 0.328. The first-order valence-electron chi connectivity index (χ1n) is 5.38. The number of nitrogens with one attached hydrogen (secondary N) is 1. The van der Waals surface area contributed by atoms with Crippen LogP contribution in [0.5, 0.6) is 0 Å². The van der Waals surface area contributed by atoms with Crippen molar-refractivity contribution in [2.45, 2.75) is 19.4 Å². The van der Waals surface area contributed by atoms with E-state index >= 15 is 0 Å². The van der Waals surface area contributed by atoms with Crippen molar-refractivity contribution in [3.63, 3.8) is 0 Å². The van der Waals surface area contributed by atoms with Gasteiger partial charge in [0.15, 0.2) is 0 Å². The molecule has 1 heterocycles. The minimum atomic E-state index is 0.328. The summed E-state index contributed by atoms with van der Waals surface area (Å²) in [5, 5.41) is 3.39. The van der Waals surface area contributed by atoms with Gasteiger partial charge in [-0.3, -0.25) is 0 Å². The molecule has 2 aromatic rings. The van der Waals surface area contributed by atoms with Crippen molar-refractivity contribution in [1.29, 1.82) is 0 Å². The topological polar surface area (TPSA) is 51.2 Å². The Bertz CT molecular complexity index is 420. The van der Waals surface area contributed by atoms with Crippen molar-refractivity contribution >= 4 is 11.4 Å². The maximum absolute atomic E-state index is 5.62. The predicted molar refractivity (Wildman–Crippen MR) is 66.4 cm³/mol. The first kappa shape index (κ1) is 10.6. The van der Waals surface area contributed by atoms with Crippen LogP contribution in [0.4, 0.5) is 11.4 Å². The molecule has 0 amide bonds. The second kappa shape index (κ2) is 4.75. The highest BCUT2D eigenvalue weighted by atomic mass is 16.3. The SMILES string of the molecule is CC(Cc1ccco1)Nc1ccc(N)cc1. The van der Waals surface area contributed by atoms with Crippen LogP contribution in [-0.2, 0) is 6.42 Å². The van der Waals surface area contributed by atoms with Crippen molar-refractivity contribution in [2.75, 3.05) is 11.1 Å². The molecule has 2 rings (SSSR count). The van der Waals surface area contributed by atoms with Gasteiger partial charge in [0.1, 0.15) is 5.76 Å². The van der Waals surface area contributed by atoms with Gasteiger partial charge in [-0.05, 0) is 43.3 Å². The average Bonchev–Trinajstić information content (AvgIpc) is 2.74. The number of furan rings is 1. The molecule has 84 valence electrons. The van der Waals surface area contributed by atoms with Crippen LogP contribution in [0, 0.1) is 0 Å². The van der Waals surface area contributed by atoms with Gasteiger partial charge >= 0.3 is 0 Å². The molecule has 0 aliphatic carbocycles. The molecule has 0 aliphatic rings. The summed E-state index contributed by atoms with van der Waals surface area (Å²) in [6, 6.07) is 12.0.